The molecule has 2 aliphatic rings. The van der Waals surface area contributed by atoms with Crippen LogP contribution in [0.5, 0.6) is 0 Å². The number of aldehydes is 1. The minimum Gasteiger partial charge on any atom is -0.462 e. The Bertz CT molecular complexity index is 573. The Morgan fingerprint density at radius 2 is 1.68 bits per heavy atom. The van der Waals surface area contributed by atoms with Gasteiger partial charge in [0.25, 0.3) is 6.47 Å². The maximum Gasteiger partial charge on any atom is 0.293 e. The van der Waals surface area contributed by atoms with Crippen LogP contribution in [0.1, 0.15) is 113 Å². The van der Waals surface area contributed by atoms with Crippen molar-refractivity contribution in [1.29, 1.82) is 5.26 Å². The Kier molecular flexibility index (Phi) is 45.7. The van der Waals surface area contributed by atoms with Gasteiger partial charge in [-0.1, -0.05) is 46.5 Å². The van der Waals surface area contributed by atoms with Gasteiger partial charge in [0.2, 0.25) is 11.8 Å². The van der Waals surface area contributed by atoms with Crippen molar-refractivity contribution >= 4 is 24.6 Å². The molecule has 40 heavy (non-hydrogen) atoms. The Morgan fingerprint density at radius 3 is 2.00 bits per heavy atom. The number of likely N-dealkylation sites (tertiary alicyclic amines) is 1. The summed E-state index contributed by atoms with van der Waals surface area (Å²) in [5.74, 6) is 0.405. The molecule has 0 radical (unpaired) electrons. The molecule has 0 aromatic carbocycles. The van der Waals surface area contributed by atoms with Gasteiger partial charge in [-0.25, -0.2) is 5.26 Å². The molecule has 2 saturated heterocycles. The second-order valence-corrected chi connectivity index (χ2v) is 9.68. The van der Waals surface area contributed by atoms with E-state index in [2.05, 4.69) is 39.1 Å². The molecule has 10 heteroatoms. The predicted octanol–water partition coefficient (Wildman–Crippen LogP) is 4.62. The van der Waals surface area contributed by atoms with Crippen LogP contribution in [-0.4, -0.2) is 81.9 Å². The average Bonchev–Trinajstić information content (AvgIpc) is 3.30. The van der Waals surface area contributed by atoms with E-state index in [4.69, 9.17) is 5.26 Å². The Morgan fingerprint density at radius 1 is 1.10 bits per heavy atom. The summed E-state index contributed by atoms with van der Waals surface area (Å²) in [6, 6.07) is 0.113. The summed E-state index contributed by atoms with van der Waals surface area (Å²) < 4.78 is 4.55. The molecular formula is C30H63N5O5. The summed E-state index contributed by atoms with van der Waals surface area (Å²) >= 11 is 0. The van der Waals surface area contributed by atoms with Crippen LogP contribution in [-0.2, 0) is 23.9 Å². The van der Waals surface area contributed by atoms with E-state index < -0.39 is 0 Å². The Labute approximate surface area is 246 Å². The van der Waals surface area contributed by atoms with E-state index in [9.17, 15) is 19.2 Å². The van der Waals surface area contributed by atoms with E-state index in [1.165, 1.54) is 32.1 Å². The highest BCUT2D eigenvalue weighted by atomic mass is 16.5. The number of nitriles is 1. The number of hydrogen-bond donors (Lipinski definition) is 3. The Hall–Kier alpha value is -2.51. The van der Waals surface area contributed by atoms with E-state index in [0.717, 1.165) is 58.0 Å². The second-order valence-electron chi connectivity index (χ2n) is 9.68. The maximum atomic E-state index is 11.6. The van der Waals surface area contributed by atoms with Gasteiger partial charge in [-0.15, -0.1) is 0 Å². The van der Waals surface area contributed by atoms with Crippen molar-refractivity contribution < 1.29 is 23.9 Å². The number of nitrogens with zero attached hydrogens (tertiary/aromatic N) is 2. The largest absolute Gasteiger partial charge is 0.462 e. The fraction of sp³-hybridized carbons (Fsp3) is 0.833. The standard InChI is InChI=1S/C10H20N2O.C6H12O.C5H10O2.C4H7NO.C2H7N.C2H6.CHN/c1-3-11-10(13)9-7-5-4-6-8-12(9)2;1-2-3-4-5-6-7;1-5(2,3)7-4-6;6-4-2-1-3-5-4;1-3-2;2*1-2/h9H,3-8H2,1-2H3,(H,11,13);6H,2-5H2,1H3;4H,1-3H3;1-3H2,(H,5,6);3H,1-2H3;1-2H3;1H. The number of nitrogens with one attached hydrogen (secondary N) is 3. The lowest BCUT2D eigenvalue weighted by atomic mass is 10.1. The van der Waals surface area contributed by atoms with Gasteiger partial charge < -0.3 is 25.5 Å². The summed E-state index contributed by atoms with van der Waals surface area (Å²) in [4.78, 5) is 43.2. The van der Waals surface area contributed by atoms with Crippen LogP contribution >= 0.6 is 0 Å². The zero-order valence-corrected chi connectivity index (χ0v) is 27.4. The molecule has 1 atom stereocenters. The van der Waals surface area contributed by atoms with Gasteiger partial charge in [-0.3, -0.25) is 19.3 Å². The first-order chi connectivity index (χ1) is 19.0. The van der Waals surface area contributed by atoms with E-state index in [0.29, 0.717) is 6.47 Å². The molecule has 0 aromatic heterocycles. The lowest BCUT2D eigenvalue weighted by Crippen LogP contribution is -2.44. The van der Waals surface area contributed by atoms with Gasteiger partial charge >= 0.3 is 0 Å². The maximum absolute atomic E-state index is 11.6. The Balaban J connectivity index is -0.000000132. The SMILES string of the molecule is C#N.CC.CC(C)(C)OC=O.CCCCCC=O.CCNC(=O)C1CCCCCN1C.CNC.O=C1CCCN1. The molecule has 2 heterocycles. The number of rotatable bonds is 7. The molecule has 2 amide bonds. The fourth-order valence-electron chi connectivity index (χ4n) is 3.06. The van der Waals surface area contributed by atoms with Crippen molar-refractivity contribution in [3.05, 3.63) is 0 Å². The minimum atomic E-state index is -0.318. The molecule has 238 valence electrons. The van der Waals surface area contributed by atoms with Crippen molar-refractivity contribution in [1.82, 2.24) is 20.9 Å². The van der Waals surface area contributed by atoms with E-state index >= 15 is 0 Å². The first-order valence-electron chi connectivity index (χ1n) is 14.7. The van der Waals surface area contributed by atoms with E-state index in [1.54, 1.807) is 0 Å². The van der Waals surface area contributed by atoms with Crippen molar-refractivity contribution in [2.45, 2.75) is 124 Å². The van der Waals surface area contributed by atoms with Crippen molar-refractivity contribution in [2.75, 3.05) is 40.8 Å². The van der Waals surface area contributed by atoms with Crippen LogP contribution in [0.2, 0.25) is 0 Å². The van der Waals surface area contributed by atoms with E-state index in [-0.39, 0.29) is 23.5 Å². The minimum absolute atomic E-state index is 0.113. The average molecular weight is 574 g/mol. The summed E-state index contributed by atoms with van der Waals surface area (Å²) in [7, 11) is 5.80. The molecule has 0 aromatic rings. The smallest absolute Gasteiger partial charge is 0.293 e. The zero-order chi connectivity index (χ0) is 32.2. The molecular weight excluding hydrogens is 510 g/mol. The van der Waals surface area contributed by atoms with Crippen molar-refractivity contribution in [3.8, 4) is 6.57 Å². The van der Waals surface area contributed by atoms with Crippen LogP contribution in [0.3, 0.4) is 0 Å². The number of likely N-dealkylation sites (N-methyl/N-ethyl adjacent to an activating group) is 2. The molecule has 3 N–H and O–H groups in total. The lowest BCUT2D eigenvalue weighted by Gasteiger charge is -2.24. The quantitative estimate of drug-likeness (QED) is 0.296. The zero-order valence-electron chi connectivity index (χ0n) is 27.4. The normalized spacial score (nSPS) is 15.4. The highest BCUT2D eigenvalue weighted by Crippen LogP contribution is 2.14. The molecule has 2 fully saturated rings. The third-order valence-corrected chi connectivity index (χ3v) is 4.90. The molecule has 0 spiro atoms. The number of carbonyl (C=O) groups excluding carboxylic acids is 4. The lowest BCUT2D eigenvalue weighted by molar-refractivity contribution is -0.138. The first-order valence-corrected chi connectivity index (χ1v) is 14.7. The van der Waals surface area contributed by atoms with Gasteiger partial charge in [0.05, 0.1) is 6.04 Å². The molecule has 2 aliphatic heterocycles. The van der Waals surface area contributed by atoms with Crippen LogP contribution in [0, 0.1) is 11.8 Å². The predicted molar refractivity (Wildman–Crippen MR) is 166 cm³/mol. The summed E-state index contributed by atoms with van der Waals surface area (Å²) in [6.07, 6.45) is 11.6. The number of ether oxygens (including phenoxy) is 1. The van der Waals surface area contributed by atoms with Gasteiger partial charge in [-0.2, -0.15) is 0 Å². The molecule has 2 rings (SSSR count). The van der Waals surface area contributed by atoms with Crippen LogP contribution in [0.15, 0.2) is 0 Å². The number of amides is 2. The van der Waals surface area contributed by atoms with Gasteiger partial charge in [0.15, 0.2) is 0 Å². The number of carbonyl (C=O) groups is 4. The molecule has 0 aliphatic carbocycles. The van der Waals surface area contributed by atoms with Crippen LogP contribution < -0.4 is 16.0 Å². The number of hydrogen-bond acceptors (Lipinski definition) is 8. The van der Waals surface area contributed by atoms with Gasteiger partial charge in [0, 0.05) is 32.5 Å². The fourth-order valence-corrected chi connectivity index (χ4v) is 3.06. The third-order valence-electron chi connectivity index (χ3n) is 4.90. The van der Waals surface area contributed by atoms with Gasteiger partial charge in [-0.05, 0) is 81.1 Å². The second kappa shape index (κ2) is 38.6. The first kappa shape index (κ1) is 47.3. The highest BCUT2D eigenvalue weighted by Gasteiger charge is 2.23. The highest BCUT2D eigenvalue weighted by molar-refractivity contribution is 5.81. The molecule has 1 unspecified atom stereocenters. The molecule has 0 saturated carbocycles. The monoisotopic (exact) mass is 573 g/mol. The molecule has 10 nitrogen and oxygen atoms in total. The van der Waals surface area contributed by atoms with Gasteiger partial charge in [0.1, 0.15) is 11.9 Å². The van der Waals surface area contributed by atoms with Crippen LogP contribution in [0.25, 0.3) is 0 Å². The summed E-state index contributed by atoms with van der Waals surface area (Å²) in [5, 5.41) is 14.8. The molecule has 0 bridgehead atoms. The number of unbranched alkanes of at least 4 members (excludes halogenated alkanes) is 3. The topological polar surface area (TPSA) is 141 Å². The summed E-state index contributed by atoms with van der Waals surface area (Å²) in [6.45, 7) is 20.2. The van der Waals surface area contributed by atoms with Crippen molar-refractivity contribution in [2.24, 2.45) is 0 Å². The third kappa shape index (κ3) is 42.6. The van der Waals surface area contributed by atoms with Crippen LogP contribution in [0.4, 0.5) is 0 Å². The summed E-state index contributed by atoms with van der Waals surface area (Å²) in [5.41, 5.74) is -0.318. The van der Waals surface area contributed by atoms with Crippen molar-refractivity contribution in [3.63, 3.8) is 0 Å². The van der Waals surface area contributed by atoms with E-state index in [1.807, 2.05) is 62.7 Å².